The molecule has 1 heterocycles. The molecule has 1 aliphatic carbocycles. The number of hydrogen-bond acceptors (Lipinski definition) is 5. The third kappa shape index (κ3) is 8.50. The number of rotatable bonds is 7. The number of likely N-dealkylation sites (N-methyl/N-ethyl adjacent to an activating group) is 1. The van der Waals surface area contributed by atoms with Crippen molar-refractivity contribution < 1.29 is 19.1 Å². The fourth-order valence-corrected chi connectivity index (χ4v) is 3.38. The Bertz CT molecular complexity index is 516. The van der Waals surface area contributed by atoms with Crippen molar-refractivity contribution in [3.8, 4) is 0 Å². The number of amides is 1. The van der Waals surface area contributed by atoms with Crippen LogP contribution in [0.25, 0.3) is 0 Å². The normalized spacial score (nSPS) is 24.8. The molecule has 0 bridgehead atoms. The molecule has 28 heavy (non-hydrogen) atoms. The topological polar surface area (TPSA) is 92.3 Å². The van der Waals surface area contributed by atoms with Crippen LogP contribution in [0.3, 0.4) is 0 Å². The summed E-state index contributed by atoms with van der Waals surface area (Å²) in [6.07, 6.45) is 5.71. The third-order valence-corrected chi connectivity index (χ3v) is 5.08. The van der Waals surface area contributed by atoms with Crippen LogP contribution in [0.15, 0.2) is 4.99 Å². The molecule has 1 amide bonds. The van der Waals surface area contributed by atoms with E-state index in [1.54, 1.807) is 14.1 Å². The summed E-state index contributed by atoms with van der Waals surface area (Å²) in [6.45, 7) is 3.86. The molecular weight excluding hydrogens is 475 g/mol. The van der Waals surface area contributed by atoms with Crippen LogP contribution < -0.4 is 10.6 Å². The minimum Gasteiger partial charge on any atom is -0.466 e. The van der Waals surface area contributed by atoms with Crippen molar-refractivity contribution in [3.63, 3.8) is 0 Å². The van der Waals surface area contributed by atoms with Crippen molar-refractivity contribution in [2.45, 2.75) is 57.6 Å². The maximum atomic E-state index is 11.9. The SMILES string of the molecule is CCOC(=O)C1CCC(NC(=NCC(=O)N(C)C)NCC2CCCO2)CC1.I. The fraction of sp³-hybridized carbons (Fsp3) is 0.842. The molecule has 1 saturated heterocycles. The number of guanidine groups is 1. The lowest BCUT2D eigenvalue weighted by molar-refractivity contribution is -0.149. The van der Waals surface area contributed by atoms with E-state index in [-0.39, 0.29) is 60.5 Å². The van der Waals surface area contributed by atoms with Gasteiger partial charge < -0.3 is 25.0 Å². The van der Waals surface area contributed by atoms with Crippen LogP contribution in [0.5, 0.6) is 0 Å². The molecule has 1 atom stereocenters. The predicted molar refractivity (Wildman–Crippen MR) is 119 cm³/mol. The Balaban J connectivity index is 0.00000392. The molecule has 0 aromatic rings. The van der Waals surface area contributed by atoms with Crippen molar-refractivity contribution in [2.75, 3.05) is 40.4 Å². The summed E-state index contributed by atoms with van der Waals surface area (Å²) in [6, 6.07) is 0.237. The van der Waals surface area contributed by atoms with E-state index >= 15 is 0 Å². The Labute approximate surface area is 185 Å². The number of esters is 1. The summed E-state index contributed by atoms with van der Waals surface area (Å²) in [4.78, 5) is 29.7. The number of hydrogen-bond donors (Lipinski definition) is 2. The van der Waals surface area contributed by atoms with Gasteiger partial charge in [0.05, 0.1) is 18.6 Å². The van der Waals surface area contributed by atoms with Gasteiger partial charge in [0, 0.05) is 33.3 Å². The zero-order valence-electron chi connectivity index (χ0n) is 17.2. The van der Waals surface area contributed by atoms with E-state index in [0.29, 0.717) is 19.1 Å². The summed E-state index contributed by atoms with van der Waals surface area (Å²) < 4.78 is 10.8. The van der Waals surface area contributed by atoms with Crippen molar-refractivity contribution in [2.24, 2.45) is 10.9 Å². The quantitative estimate of drug-likeness (QED) is 0.234. The molecular formula is C19H35IN4O4. The van der Waals surface area contributed by atoms with E-state index in [4.69, 9.17) is 9.47 Å². The van der Waals surface area contributed by atoms with Crippen LogP contribution in [-0.2, 0) is 19.1 Å². The molecule has 2 rings (SSSR count). The molecule has 8 nitrogen and oxygen atoms in total. The number of nitrogens with zero attached hydrogens (tertiary/aromatic N) is 2. The second-order valence-electron chi connectivity index (χ2n) is 7.41. The Hall–Kier alpha value is -1.10. The average Bonchev–Trinajstić information content (AvgIpc) is 3.18. The minimum atomic E-state index is -0.0853. The molecule has 9 heteroatoms. The van der Waals surface area contributed by atoms with Gasteiger partial charge in [0.15, 0.2) is 5.96 Å². The average molecular weight is 510 g/mol. The Kier molecular flexibility index (Phi) is 11.7. The Morgan fingerprint density at radius 2 is 1.89 bits per heavy atom. The smallest absolute Gasteiger partial charge is 0.308 e. The first-order chi connectivity index (χ1) is 13.0. The predicted octanol–water partition coefficient (Wildman–Crippen LogP) is 1.53. The van der Waals surface area contributed by atoms with Gasteiger partial charge in [-0.2, -0.15) is 0 Å². The number of halogens is 1. The number of carbonyl (C=O) groups is 2. The summed E-state index contributed by atoms with van der Waals surface area (Å²) >= 11 is 0. The van der Waals surface area contributed by atoms with E-state index in [1.165, 1.54) is 4.90 Å². The molecule has 2 fully saturated rings. The third-order valence-electron chi connectivity index (χ3n) is 5.08. The molecule has 0 radical (unpaired) electrons. The van der Waals surface area contributed by atoms with Gasteiger partial charge in [-0.25, -0.2) is 4.99 Å². The number of carbonyl (C=O) groups excluding carboxylic acids is 2. The highest BCUT2D eigenvalue weighted by atomic mass is 127. The van der Waals surface area contributed by atoms with Gasteiger partial charge in [-0.15, -0.1) is 24.0 Å². The van der Waals surface area contributed by atoms with Crippen molar-refractivity contribution in [3.05, 3.63) is 0 Å². The van der Waals surface area contributed by atoms with Crippen molar-refractivity contribution in [1.82, 2.24) is 15.5 Å². The van der Waals surface area contributed by atoms with E-state index in [1.807, 2.05) is 6.92 Å². The maximum Gasteiger partial charge on any atom is 0.308 e. The van der Waals surface area contributed by atoms with Crippen LogP contribution in [0.1, 0.15) is 45.4 Å². The zero-order valence-corrected chi connectivity index (χ0v) is 19.6. The zero-order chi connectivity index (χ0) is 19.6. The highest BCUT2D eigenvalue weighted by Crippen LogP contribution is 2.25. The fourth-order valence-electron chi connectivity index (χ4n) is 3.38. The van der Waals surface area contributed by atoms with Gasteiger partial charge in [-0.05, 0) is 45.4 Å². The molecule has 2 aliphatic rings. The van der Waals surface area contributed by atoms with Gasteiger partial charge in [0.1, 0.15) is 6.54 Å². The monoisotopic (exact) mass is 510 g/mol. The summed E-state index contributed by atoms with van der Waals surface area (Å²) in [5, 5.41) is 6.74. The first-order valence-electron chi connectivity index (χ1n) is 10.0. The molecule has 1 unspecified atom stereocenters. The van der Waals surface area contributed by atoms with Gasteiger partial charge in [0.25, 0.3) is 0 Å². The van der Waals surface area contributed by atoms with E-state index in [2.05, 4.69) is 15.6 Å². The molecule has 162 valence electrons. The van der Waals surface area contributed by atoms with E-state index in [0.717, 1.165) is 45.1 Å². The minimum absolute atomic E-state index is 0. The van der Waals surface area contributed by atoms with Gasteiger partial charge in [-0.3, -0.25) is 9.59 Å². The van der Waals surface area contributed by atoms with Crippen LogP contribution in [0.2, 0.25) is 0 Å². The standard InChI is InChI=1S/C19H34N4O4.HI/c1-4-26-18(25)14-7-9-15(10-8-14)22-19(21-13-17(24)23(2)3)20-12-16-6-5-11-27-16;/h14-16H,4-13H2,1-3H3,(H2,20,21,22);1H. The van der Waals surface area contributed by atoms with Crippen LogP contribution in [0, 0.1) is 5.92 Å². The van der Waals surface area contributed by atoms with Gasteiger partial charge in [-0.1, -0.05) is 0 Å². The van der Waals surface area contributed by atoms with Gasteiger partial charge >= 0.3 is 5.97 Å². The van der Waals surface area contributed by atoms with Crippen LogP contribution >= 0.6 is 24.0 Å². The highest BCUT2D eigenvalue weighted by molar-refractivity contribution is 14.0. The second-order valence-corrected chi connectivity index (χ2v) is 7.41. The lowest BCUT2D eigenvalue weighted by atomic mass is 9.86. The lowest BCUT2D eigenvalue weighted by Gasteiger charge is -2.29. The van der Waals surface area contributed by atoms with E-state index < -0.39 is 0 Å². The first kappa shape index (κ1) is 24.9. The van der Waals surface area contributed by atoms with E-state index in [9.17, 15) is 9.59 Å². The van der Waals surface area contributed by atoms with Gasteiger partial charge in [0.2, 0.25) is 5.91 Å². The van der Waals surface area contributed by atoms with Crippen LogP contribution in [-0.4, -0.2) is 75.3 Å². The van der Waals surface area contributed by atoms with Crippen LogP contribution in [0.4, 0.5) is 0 Å². The Morgan fingerprint density at radius 1 is 1.18 bits per heavy atom. The molecule has 0 aromatic carbocycles. The summed E-state index contributed by atoms with van der Waals surface area (Å²) in [7, 11) is 3.45. The number of nitrogens with one attached hydrogen (secondary N) is 2. The van der Waals surface area contributed by atoms with Crippen molar-refractivity contribution >= 4 is 41.8 Å². The first-order valence-corrected chi connectivity index (χ1v) is 10.0. The summed E-state index contributed by atoms with van der Waals surface area (Å²) in [5.41, 5.74) is 0. The Morgan fingerprint density at radius 3 is 2.46 bits per heavy atom. The summed E-state index contributed by atoms with van der Waals surface area (Å²) in [5.74, 6) is 0.510. The molecule has 0 aromatic heterocycles. The molecule has 1 saturated carbocycles. The second kappa shape index (κ2) is 13.2. The maximum absolute atomic E-state index is 11.9. The number of ether oxygens (including phenoxy) is 2. The molecule has 2 N–H and O–H groups in total. The number of aliphatic imine (C=N–C) groups is 1. The molecule has 1 aliphatic heterocycles. The lowest BCUT2D eigenvalue weighted by Crippen LogP contribution is -2.47. The molecule has 0 spiro atoms. The highest BCUT2D eigenvalue weighted by Gasteiger charge is 2.28. The van der Waals surface area contributed by atoms with Crippen molar-refractivity contribution in [1.29, 1.82) is 0 Å². The largest absolute Gasteiger partial charge is 0.466 e.